The van der Waals surface area contributed by atoms with E-state index in [2.05, 4.69) is 0 Å². The molecule has 9 heteroatoms. The number of aliphatic carboxylic acids is 1. The van der Waals surface area contributed by atoms with Gasteiger partial charge in [-0.1, -0.05) is 0 Å². The Labute approximate surface area is 101 Å². The summed E-state index contributed by atoms with van der Waals surface area (Å²) in [6.45, 7) is 0. The lowest BCUT2D eigenvalue weighted by atomic mass is 10.0. The summed E-state index contributed by atoms with van der Waals surface area (Å²) in [5.74, 6) is -17.6. The van der Waals surface area contributed by atoms with Crippen LogP contribution in [0.4, 0.5) is 22.0 Å². The summed E-state index contributed by atoms with van der Waals surface area (Å²) in [7, 11) is 0. The molecule has 0 heterocycles. The summed E-state index contributed by atoms with van der Waals surface area (Å²) < 4.78 is 64.3. The van der Waals surface area contributed by atoms with E-state index < -0.39 is 58.6 Å². The number of ketones is 2. The molecule has 0 amide bonds. The highest BCUT2D eigenvalue weighted by Crippen LogP contribution is 2.24. The Morgan fingerprint density at radius 3 is 1.53 bits per heavy atom. The third kappa shape index (κ3) is 2.59. The highest BCUT2D eigenvalue weighted by molar-refractivity contribution is 6.37. The molecular weight excluding hydrogens is 279 g/mol. The second kappa shape index (κ2) is 5.12. The summed E-state index contributed by atoms with van der Waals surface area (Å²) in [5.41, 5.74) is -1.84. The first-order chi connectivity index (χ1) is 8.68. The van der Waals surface area contributed by atoms with E-state index >= 15 is 0 Å². The maximum Gasteiger partial charge on any atom is 0.372 e. The number of rotatable bonds is 4. The van der Waals surface area contributed by atoms with Crippen molar-refractivity contribution in [3.05, 3.63) is 34.6 Å². The molecule has 0 aliphatic rings. The van der Waals surface area contributed by atoms with Gasteiger partial charge in [0.05, 0.1) is 12.0 Å². The second-order valence-electron chi connectivity index (χ2n) is 3.27. The van der Waals surface area contributed by atoms with E-state index in [1.54, 1.807) is 0 Å². The molecule has 0 radical (unpaired) electrons. The SMILES string of the molecule is O=C(O)C(=O)CC(=O)c1c(F)c(F)c(F)c(F)c1F. The molecule has 0 saturated carbocycles. The maximum atomic E-state index is 13.1. The quantitative estimate of drug-likeness (QED) is 0.227. The topological polar surface area (TPSA) is 71.4 Å². The number of Topliss-reactive ketones (excluding diaryl/α,β-unsaturated/α-hetero) is 2. The molecule has 0 unspecified atom stereocenters. The van der Waals surface area contributed by atoms with Gasteiger partial charge in [-0.25, -0.2) is 26.7 Å². The number of carbonyl (C=O) groups excluding carboxylic acids is 2. The average Bonchev–Trinajstić information content (AvgIpc) is 2.34. The van der Waals surface area contributed by atoms with Gasteiger partial charge >= 0.3 is 5.97 Å². The summed E-state index contributed by atoms with van der Waals surface area (Å²) >= 11 is 0. The number of carbonyl (C=O) groups is 3. The molecule has 1 aromatic rings. The first kappa shape index (κ1) is 14.7. The third-order valence-corrected chi connectivity index (χ3v) is 2.05. The van der Waals surface area contributed by atoms with Gasteiger partial charge in [0.1, 0.15) is 0 Å². The van der Waals surface area contributed by atoms with Gasteiger partial charge < -0.3 is 5.11 Å². The first-order valence-electron chi connectivity index (χ1n) is 4.49. The summed E-state index contributed by atoms with van der Waals surface area (Å²) in [5, 5.41) is 8.17. The van der Waals surface area contributed by atoms with Crippen molar-refractivity contribution in [1.82, 2.24) is 0 Å². The Morgan fingerprint density at radius 2 is 1.16 bits per heavy atom. The minimum atomic E-state index is -2.46. The first-order valence-corrected chi connectivity index (χ1v) is 4.49. The molecule has 0 saturated heterocycles. The molecular formula is C10H3F5O4. The summed E-state index contributed by atoms with van der Waals surface area (Å²) in [6.07, 6.45) is -1.52. The van der Waals surface area contributed by atoms with Crippen LogP contribution in [0.1, 0.15) is 16.8 Å². The van der Waals surface area contributed by atoms with Crippen molar-refractivity contribution in [2.45, 2.75) is 6.42 Å². The predicted molar refractivity (Wildman–Crippen MR) is 47.8 cm³/mol. The van der Waals surface area contributed by atoms with Crippen LogP contribution >= 0.6 is 0 Å². The molecule has 0 bridgehead atoms. The van der Waals surface area contributed by atoms with E-state index in [1.807, 2.05) is 0 Å². The van der Waals surface area contributed by atoms with E-state index in [1.165, 1.54) is 0 Å². The van der Waals surface area contributed by atoms with Crippen molar-refractivity contribution in [2.24, 2.45) is 0 Å². The fraction of sp³-hybridized carbons (Fsp3) is 0.100. The number of halogens is 5. The van der Waals surface area contributed by atoms with Crippen LogP contribution in [0, 0.1) is 29.1 Å². The molecule has 0 aliphatic heterocycles. The second-order valence-corrected chi connectivity index (χ2v) is 3.27. The Bertz CT molecular complexity index is 567. The standard InChI is InChI=1S/C10H3F5O4/c11-5-4(2(16)1-3(17)10(18)19)6(12)8(14)9(15)7(5)13/h1H2,(H,18,19). The van der Waals surface area contributed by atoms with Crippen LogP contribution in [0.3, 0.4) is 0 Å². The number of carboxylic acid groups (broad SMARTS) is 1. The zero-order valence-electron chi connectivity index (χ0n) is 8.77. The zero-order valence-corrected chi connectivity index (χ0v) is 8.77. The number of hydrogen-bond donors (Lipinski definition) is 1. The molecule has 1 rings (SSSR count). The number of benzene rings is 1. The molecule has 0 spiro atoms. The molecule has 0 aromatic heterocycles. The van der Waals surface area contributed by atoms with Crippen LogP contribution in [-0.4, -0.2) is 22.6 Å². The Morgan fingerprint density at radius 1 is 0.789 bits per heavy atom. The minimum absolute atomic E-state index is 1.52. The molecule has 4 nitrogen and oxygen atoms in total. The lowest BCUT2D eigenvalue weighted by molar-refractivity contribution is -0.148. The van der Waals surface area contributed by atoms with Gasteiger partial charge in [0.25, 0.3) is 0 Å². The van der Waals surface area contributed by atoms with Gasteiger partial charge in [0.2, 0.25) is 11.6 Å². The van der Waals surface area contributed by atoms with E-state index in [9.17, 15) is 36.3 Å². The van der Waals surface area contributed by atoms with E-state index in [-0.39, 0.29) is 0 Å². The smallest absolute Gasteiger partial charge is 0.372 e. The normalized spacial score (nSPS) is 10.4. The van der Waals surface area contributed by atoms with Crippen LogP contribution in [0.5, 0.6) is 0 Å². The Kier molecular flexibility index (Phi) is 3.98. The monoisotopic (exact) mass is 282 g/mol. The predicted octanol–water partition coefficient (Wildman–Crippen LogP) is 1.61. The lowest BCUT2D eigenvalue weighted by Crippen LogP contribution is -2.20. The van der Waals surface area contributed by atoms with E-state index in [0.717, 1.165) is 0 Å². The highest BCUT2D eigenvalue weighted by atomic mass is 19.2. The maximum absolute atomic E-state index is 13.1. The number of carboxylic acids is 1. The highest BCUT2D eigenvalue weighted by Gasteiger charge is 2.31. The van der Waals surface area contributed by atoms with Crippen molar-refractivity contribution >= 4 is 17.5 Å². The molecule has 1 N–H and O–H groups in total. The van der Waals surface area contributed by atoms with Crippen molar-refractivity contribution in [2.75, 3.05) is 0 Å². The lowest BCUT2D eigenvalue weighted by Gasteiger charge is -2.06. The van der Waals surface area contributed by atoms with Crippen LogP contribution in [-0.2, 0) is 9.59 Å². The van der Waals surface area contributed by atoms with Gasteiger partial charge in [-0.05, 0) is 0 Å². The molecule has 19 heavy (non-hydrogen) atoms. The number of hydrogen-bond acceptors (Lipinski definition) is 3. The molecule has 1 aromatic carbocycles. The van der Waals surface area contributed by atoms with Crippen LogP contribution in [0.25, 0.3) is 0 Å². The van der Waals surface area contributed by atoms with Gasteiger partial charge in [-0.2, -0.15) is 0 Å². The fourth-order valence-corrected chi connectivity index (χ4v) is 1.16. The van der Waals surface area contributed by atoms with E-state index in [0.29, 0.717) is 0 Å². The summed E-state index contributed by atoms with van der Waals surface area (Å²) in [6, 6.07) is 0. The average molecular weight is 282 g/mol. The zero-order chi connectivity index (χ0) is 14.9. The Balaban J connectivity index is 3.32. The molecule has 102 valence electrons. The van der Waals surface area contributed by atoms with Crippen LogP contribution < -0.4 is 0 Å². The van der Waals surface area contributed by atoms with Crippen molar-refractivity contribution in [1.29, 1.82) is 0 Å². The molecule has 0 aliphatic carbocycles. The Hall–Kier alpha value is -2.32. The van der Waals surface area contributed by atoms with Crippen molar-refractivity contribution in [3.8, 4) is 0 Å². The van der Waals surface area contributed by atoms with Gasteiger partial charge in [-0.3, -0.25) is 9.59 Å². The van der Waals surface area contributed by atoms with Crippen LogP contribution in [0.15, 0.2) is 0 Å². The summed E-state index contributed by atoms with van der Waals surface area (Å²) in [4.78, 5) is 32.0. The molecule has 0 fully saturated rings. The third-order valence-electron chi connectivity index (χ3n) is 2.05. The van der Waals surface area contributed by atoms with Gasteiger partial charge in [0.15, 0.2) is 29.1 Å². The van der Waals surface area contributed by atoms with Gasteiger partial charge in [-0.15, -0.1) is 0 Å². The molecule has 0 atom stereocenters. The largest absolute Gasteiger partial charge is 0.475 e. The van der Waals surface area contributed by atoms with Crippen molar-refractivity contribution < 1.29 is 41.4 Å². The van der Waals surface area contributed by atoms with Crippen molar-refractivity contribution in [3.63, 3.8) is 0 Å². The van der Waals surface area contributed by atoms with E-state index in [4.69, 9.17) is 5.11 Å². The minimum Gasteiger partial charge on any atom is -0.475 e. The fourth-order valence-electron chi connectivity index (χ4n) is 1.16. The van der Waals surface area contributed by atoms with Crippen LogP contribution in [0.2, 0.25) is 0 Å². The van der Waals surface area contributed by atoms with Gasteiger partial charge in [0, 0.05) is 0 Å².